The molecule has 0 spiro atoms. The van der Waals surface area contributed by atoms with E-state index >= 15 is 0 Å². The molecule has 0 aliphatic heterocycles. The van der Waals surface area contributed by atoms with Crippen LogP contribution in [0, 0.1) is 23.1 Å². The molecule has 0 saturated heterocycles. The summed E-state index contributed by atoms with van der Waals surface area (Å²) in [7, 11) is 0. The smallest absolute Gasteiger partial charge is 0.249 e. The third-order valence-corrected chi connectivity index (χ3v) is 6.40. The first kappa shape index (κ1) is 25.2. The van der Waals surface area contributed by atoms with Crippen molar-refractivity contribution in [1.29, 1.82) is 5.26 Å². The molecule has 1 aromatic carbocycles. The predicted octanol–water partition coefficient (Wildman–Crippen LogP) is 6.12. The topological polar surface area (TPSA) is 105 Å². The molecule has 0 saturated carbocycles. The lowest BCUT2D eigenvalue weighted by molar-refractivity contribution is 0.480. The summed E-state index contributed by atoms with van der Waals surface area (Å²) in [5.41, 5.74) is 3.77. The number of nitrogens with zero attached hydrogens (tertiary/aromatic N) is 7. The molecule has 38 heavy (non-hydrogen) atoms. The zero-order valence-corrected chi connectivity index (χ0v) is 21.2. The van der Waals surface area contributed by atoms with E-state index in [-0.39, 0.29) is 23.2 Å². The minimum atomic E-state index is -1.21. The number of fused-ring (bicyclic) bond motifs is 1. The number of nitriles is 1. The Morgan fingerprint density at radius 2 is 1.97 bits per heavy atom. The summed E-state index contributed by atoms with van der Waals surface area (Å²) >= 11 is 6.66. The monoisotopic (exact) mass is 530 g/mol. The molecule has 1 atom stereocenters. The maximum absolute atomic E-state index is 13.8. The number of anilines is 2. The number of nitrogens with one attached hydrogen (secondary N) is 1. The van der Waals surface area contributed by atoms with Gasteiger partial charge in [0.05, 0.1) is 39.4 Å². The Balaban J connectivity index is 1.61. The molecule has 4 aromatic heterocycles. The predicted molar refractivity (Wildman–Crippen MR) is 139 cm³/mol. The van der Waals surface area contributed by atoms with Crippen molar-refractivity contribution >= 4 is 33.9 Å². The molecule has 4 heterocycles. The van der Waals surface area contributed by atoms with Crippen LogP contribution >= 0.6 is 11.6 Å². The highest BCUT2D eigenvalue weighted by molar-refractivity contribution is 6.35. The minimum Gasteiger partial charge on any atom is -0.352 e. The van der Waals surface area contributed by atoms with Crippen molar-refractivity contribution in [1.82, 2.24) is 29.9 Å². The van der Waals surface area contributed by atoms with Crippen molar-refractivity contribution in [2.75, 3.05) is 5.32 Å². The van der Waals surface area contributed by atoms with E-state index in [0.29, 0.717) is 28.0 Å². The number of halogens is 3. The van der Waals surface area contributed by atoms with Gasteiger partial charge < -0.3 is 5.32 Å². The van der Waals surface area contributed by atoms with Gasteiger partial charge in [-0.3, -0.25) is 9.97 Å². The van der Waals surface area contributed by atoms with E-state index in [1.54, 1.807) is 17.1 Å². The van der Waals surface area contributed by atoms with Crippen molar-refractivity contribution < 1.29 is 8.78 Å². The van der Waals surface area contributed by atoms with Crippen LogP contribution in [0.1, 0.15) is 48.2 Å². The fourth-order valence-corrected chi connectivity index (χ4v) is 4.49. The molecule has 0 radical (unpaired) electrons. The highest BCUT2D eigenvalue weighted by Gasteiger charge is 2.21. The second-order valence-electron chi connectivity index (χ2n) is 9.01. The van der Waals surface area contributed by atoms with Crippen molar-refractivity contribution in [3.63, 3.8) is 0 Å². The van der Waals surface area contributed by atoms with E-state index in [2.05, 4.69) is 36.7 Å². The van der Waals surface area contributed by atoms with Gasteiger partial charge in [-0.05, 0) is 49.6 Å². The molecule has 1 N–H and O–H groups in total. The van der Waals surface area contributed by atoms with Crippen LogP contribution in [-0.2, 0) is 6.42 Å². The second kappa shape index (κ2) is 10.5. The molecule has 0 aliphatic rings. The van der Waals surface area contributed by atoms with E-state index < -0.39 is 11.8 Å². The molecular formula is C27H21ClF2N8. The highest BCUT2D eigenvalue weighted by Crippen LogP contribution is 2.36. The molecule has 11 heteroatoms. The third-order valence-electron chi connectivity index (χ3n) is 6.11. The van der Waals surface area contributed by atoms with Gasteiger partial charge in [-0.2, -0.15) is 9.65 Å². The summed E-state index contributed by atoms with van der Waals surface area (Å²) < 4.78 is 29.0. The normalized spacial score (nSPS) is 12.0. The largest absolute Gasteiger partial charge is 0.352 e. The number of rotatable bonds is 7. The SMILES string of the molecule is CC(C)n1cc([C@@H](Cc2cc(Cl)c3ncc(C#N)c(Nc4cnc(F)c(F)c4)c3c2)c2cccnc2)nn1. The number of hydrogen-bond donors (Lipinski definition) is 1. The number of benzene rings is 1. The average molecular weight is 531 g/mol. The summed E-state index contributed by atoms with van der Waals surface area (Å²) in [4.78, 5) is 12.1. The Morgan fingerprint density at radius 1 is 1.13 bits per heavy atom. The Hall–Kier alpha value is -4.49. The molecule has 5 rings (SSSR count). The first-order valence-electron chi connectivity index (χ1n) is 11.7. The van der Waals surface area contributed by atoms with Gasteiger partial charge in [0.15, 0.2) is 5.82 Å². The van der Waals surface area contributed by atoms with Gasteiger partial charge in [0, 0.05) is 48.2 Å². The molecule has 8 nitrogen and oxygen atoms in total. The van der Waals surface area contributed by atoms with Gasteiger partial charge in [0.1, 0.15) is 6.07 Å². The van der Waals surface area contributed by atoms with E-state index in [0.717, 1.165) is 29.1 Å². The number of aromatic nitrogens is 6. The number of hydrogen-bond acceptors (Lipinski definition) is 7. The molecule has 0 amide bonds. The molecule has 0 fully saturated rings. The molecule has 0 unspecified atom stereocenters. The van der Waals surface area contributed by atoms with Gasteiger partial charge in [0.2, 0.25) is 5.95 Å². The second-order valence-corrected chi connectivity index (χ2v) is 9.42. The van der Waals surface area contributed by atoms with E-state index in [4.69, 9.17) is 11.6 Å². The van der Waals surface area contributed by atoms with Crippen LogP contribution < -0.4 is 5.32 Å². The molecule has 0 aliphatic carbocycles. The standard InChI is InChI=1S/C27H21ClF2N8/c1-15(2)38-14-24(36-37-38)20(17-4-3-5-32-11-17)6-16-7-21-25(35-19-9-23(29)27(30)34-13-19)18(10-31)12-33-26(21)22(28)8-16/h3-5,7-9,11-15,20H,6H2,1-2H3,(H,33,35)/t20-/m0/s1. The fourth-order valence-electron chi connectivity index (χ4n) is 4.20. The van der Waals surface area contributed by atoms with Crippen LogP contribution in [-0.4, -0.2) is 29.9 Å². The minimum absolute atomic E-state index is 0.149. The Bertz CT molecular complexity index is 1660. The van der Waals surface area contributed by atoms with Crippen molar-refractivity contribution in [2.45, 2.75) is 32.2 Å². The van der Waals surface area contributed by atoms with Crippen LogP contribution in [0.25, 0.3) is 10.9 Å². The number of pyridine rings is 3. The summed E-state index contributed by atoms with van der Waals surface area (Å²) in [5.74, 6) is -2.50. The van der Waals surface area contributed by atoms with Crippen LogP contribution in [0.5, 0.6) is 0 Å². The van der Waals surface area contributed by atoms with Gasteiger partial charge in [0.25, 0.3) is 0 Å². The van der Waals surface area contributed by atoms with Crippen molar-refractivity contribution in [3.05, 3.63) is 100 Å². The maximum Gasteiger partial charge on any atom is 0.249 e. The van der Waals surface area contributed by atoms with Crippen LogP contribution in [0.2, 0.25) is 5.02 Å². The van der Waals surface area contributed by atoms with Crippen LogP contribution in [0.15, 0.2) is 61.3 Å². The van der Waals surface area contributed by atoms with Crippen molar-refractivity contribution in [3.8, 4) is 6.07 Å². The summed E-state index contributed by atoms with van der Waals surface area (Å²) in [5, 5.41) is 22.4. The molecule has 5 aromatic rings. The molecule has 0 bridgehead atoms. The van der Waals surface area contributed by atoms with E-state index in [9.17, 15) is 14.0 Å². The zero-order valence-electron chi connectivity index (χ0n) is 20.4. The van der Waals surface area contributed by atoms with Gasteiger partial charge in [-0.1, -0.05) is 22.9 Å². The van der Waals surface area contributed by atoms with Crippen molar-refractivity contribution in [2.24, 2.45) is 0 Å². The summed E-state index contributed by atoms with van der Waals surface area (Å²) in [6.07, 6.45) is 8.45. The van der Waals surface area contributed by atoms with Gasteiger partial charge >= 0.3 is 0 Å². The molecular weight excluding hydrogens is 510 g/mol. The van der Waals surface area contributed by atoms with E-state index in [1.807, 2.05) is 44.3 Å². The lowest BCUT2D eigenvalue weighted by atomic mass is 9.90. The maximum atomic E-state index is 13.8. The molecule has 190 valence electrons. The highest BCUT2D eigenvalue weighted by atomic mass is 35.5. The fraction of sp³-hybridized carbons (Fsp3) is 0.185. The Kier molecular flexibility index (Phi) is 6.94. The summed E-state index contributed by atoms with van der Waals surface area (Å²) in [6.45, 7) is 4.05. The van der Waals surface area contributed by atoms with Crippen LogP contribution in [0.4, 0.5) is 20.2 Å². The van der Waals surface area contributed by atoms with Gasteiger partial charge in [-0.25, -0.2) is 14.1 Å². The lowest BCUT2D eigenvalue weighted by Crippen LogP contribution is -2.07. The quantitative estimate of drug-likeness (QED) is 0.253. The summed E-state index contributed by atoms with van der Waals surface area (Å²) in [6, 6.07) is 10.8. The van der Waals surface area contributed by atoms with E-state index in [1.165, 1.54) is 6.20 Å². The first-order chi connectivity index (χ1) is 18.3. The lowest BCUT2D eigenvalue weighted by Gasteiger charge is -2.17. The van der Waals surface area contributed by atoms with Gasteiger partial charge in [-0.15, -0.1) is 5.10 Å². The zero-order chi connectivity index (χ0) is 26.8. The Labute approximate surface area is 222 Å². The first-order valence-corrected chi connectivity index (χ1v) is 12.1. The Morgan fingerprint density at radius 3 is 2.66 bits per heavy atom. The average Bonchev–Trinajstić information content (AvgIpc) is 3.41. The van der Waals surface area contributed by atoms with Crippen LogP contribution in [0.3, 0.4) is 0 Å². The third kappa shape index (κ3) is 5.01.